The lowest BCUT2D eigenvalue weighted by molar-refractivity contribution is -0.129. The number of benzene rings is 2. The van der Waals surface area contributed by atoms with Crippen molar-refractivity contribution in [3.8, 4) is 17.2 Å². The van der Waals surface area contributed by atoms with Crippen LogP contribution in [-0.4, -0.2) is 31.7 Å². The number of methoxy groups -OCH3 is 1. The van der Waals surface area contributed by atoms with Gasteiger partial charge in [-0.25, -0.2) is 9.79 Å². The molecule has 0 bridgehead atoms. The molecule has 0 spiro atoms. The molecular weight excluding hydrogens is 438 g/mol. The van der Waals surface area contributed by atoms with Gasteiger partial charge in [0.15, 0.2) is 17.2 Å². The van der Waals surface area contributed by atoms with Gasteiger partial charge in [-0.1, -0.05) is 0 Å². The van der Waals surface area contributed by atoms with Crippen LogP contribution in [-0.2, 0) is 9.53 Å². The lowest BCUT2D eigenvalue weighted by atomic mass is 10.1. The third kappa shape index (κ3) is 4.98. The standard InChI is InChI=1S/C22H22BrNO5/c1-5-27-19-12-14(10-17(23)20(19)28-13(2)3)11-18-22(25)29-21(24-18)15-6-8-16(26-4)9-7-15/h6-13H,5H2,1-4H3/b18-11+. The summed E-state index contributed by atoms with van der Waals surface area (Å²) >= 11 is 3.53. The number of ether oxygens (including phenoxy) is 4. The van der Waals surface area contributed by atoms with Gasteiger partial charge in [-0.05, 0) is 84.7 Å². The molecule has 1 aliphatic heterocycles. The fourth-order valence-corrected chi connectivity index (χ4v) is 3.26. The quantitative estimate of drug-likeness (QED) is 0.431. The van der Waals surface area contributed by atoms with Crippen LogP contribution in [0.15, 0.2) is 51.6 Å². The van der Waals surface area contributed by atoms with Crippen molar-refractivity contribution in [2.24, 2.45) is 4.99 Å². The van der Waals surface area contributed by atoms with Crippen LogP contribution >= 0.6 is 15.9 Å². The van der Waals surface area contributed by atoms with E-state index in [0.29, 0.717) is 29.4 Å². The van der Waals surface area contributed by atoms with Gasteiger partial charge >= 0.3 is 5.97 Å². The molecule has 0 fully saturated rings. The number of rotatable bonds is 7. The first-order valence-electron chi connectivity index (χ1n) is 9.21. The Bertz CT molecular complexity index is 964. The van der Waals surface area contributed by atoms with Crippen LogP contribution in [0.2, 0.25) is 0 Å². The Morgan fingerprint density at radius 1 is 1.21 bits per heavy atom. The van der Waals surface area contributed by atoms with Gasteiger partial charge in [-0.15, -0.1) is 0 Å². The van der Waals surface area contributed by atoms with Gasteiger partial charge in [0, 0.05) is 5.56 Å². The van der Waals surface area contributed by atoms with Crippen molar-refractivity contribution >= 4 is 33.9 Å². The van der Waals surface area contributed by atoms with E-state index in [0.717, 1.165) is 10.0 Å². The van der Waals surface area contributed by atoms with Crippen molar-refractivity contribution in [1.29, 1.82) is 0 Å². The van der Waals surface area contributed by atoms with E-state index in [4.69, 9.17) is 18.9 Å². The highest BCUT2D eigenvalue weighted by molar-refractivity contribution is 9.10. The molecule has 0 N–H and O–H groups in total. The number of carbonyl (C=O) groups is 1. The lowest BCUT2D eigenvalue weighted by Crippen LogP contribution is -2.08. The van der Waals surface area contributed by atoms with Gasteiger partial charge < -0.3 is 18.9 Å². The molecule has 2 aromatic rings. The predicted molar refractivity (Wildman–Crippen MR) is 115 cm³/mol. The van der Waals surface area contributed by atoms with Crippen molar-refractivity contribution in [2.45, 2.75) is 26.9 Å². The molecule has 0 atom stereocenters. The third-order valence-electron chi connectivity index (χ3n) is 3.95. The Morgan fingerprint density at radius 3 is 2.55 bits per heavy atom. The first-order chi connectivity index (χ1) is 13.9. The zero-order valence-electron chi connectivity index (χ0n) is 16.7. The number of aliphatic imine (C=N–C) groups is 1. The topological polar surface area (TPSA) is 66.3 Å². The zero-order valence-corrected chi connectivity index (χ0v) is 18.3. The van der Waals surface area contributed by atoms with E-state index < -0.39 is 5.97 Å². The van der Waals surface area contributed by atoms with Crippen LogP contribution in [0.25, 0.3) is 6.08 Å². The Kier molecular flexibility index (Phi) is 6.59. The molecule has 0 radical (unpaired) electrons. The Balaban J connectivity index is 1.93. The first-order valence-corrected chi connectivity index (χ1v) is 10.0. The Hall–Kier alpha value is -2.80. The summed E-state index contributed by atoms with van der Waals surface area (Å²) in [5.41, 5.74) is 1.64. The largest absolute Gasteiger partial charge is 0.497 e. The summed E-state index contributed by atoms with van der Waals surface area (Å²) in [6.07, 6.45) is 1.65. The maximum absolute atomic E-state index is 12.3. The second-order valence-corrected chi connectivity index (χ2v) is 7.35. The SMILES string of the molecule is CCOc1cc(/C=C2/N=C(c3ccc(OC)cc3)OC2=O)cc(Br)c1OC(C)C. The molecule has 0 saturated heterocycles. The van der Waals surface area contributed by atoms with E-state index in [1.807, 2.05) is 32.9 Å². The van der Waals surface area contributed by atoms with Crippen molar-refractivity contribution in [1.82, 2.24) is 0 Å². The monoisotopic (exact) mass is 459 g/mol. The van der Waals surface area contributed by atoms with Crippen molar-refractivity contribution in [3.05, 3.63) is 57.7 Å². The molecule has 2 aromatic carbocycles. The number of hydrogen-bond acceptors (Lipinski definition) is 6. The highest BCUT2D eigenvalue weighted by Gasteiger charge is 2.24. The van der Waals surface area contributed by atoms with Gasteiger partial charge in [0.05, 0.1) is 24.3 Å². The van der Waals surface area contributed by atoms with Crippen LogP contribution < -0.4 is 14.2 Å². The Labute approximate surface area is 178 Å². The van der Waals surface area contributed by atoms with Crippen LogP contribution in [0.3, 0.4) is 0 Å². The van der Waals surface area contributed by atoms with Crippen molar-refractivity contribution in [2.75, 3.05) is 13.7 Å². The third-order valence-corrected chi connectivity index (χ3v) is 4.54. The van der Waals surface area contributed by atoms with E-state index >= 15 is 0 Å². The van der Waals surface area contributed by atoms with Gasteiger partial charge in [0.1, 0.15) is 5.75 Å². The molecule has 0 unspecified atom stereocenters. The number of hydrogen-bond donors (Lipinski definition) is 0. The molecule has 29 heavy (non-hydrogen) atoms. The minimum atomic E-state index is -0.507. The molecule has 6 nitrogen and oxygen atoms in total. The molecule has 0 aliphatic carbocycles. The summed E-state index contributed by atoms with van der Waals surface area (Å²) in [5, 5.41) is 0. The number of cyclic esters (lactones) is 1. The molecule has 1 heterocycles. The highest BCUT2D eigenvalue weighted by Crippen LogP contribution is 2.38. The molecule has 152 valence electrons. The van der Waals surface area contributed by atoms with Gasteiger partial charge in [0.25, 0.3) is 0 Å². The molecular formula is C22H22BrNO5. The number of halogens is 1. The Morgan fingerprint density at radius 2 is 1.93 bits per heavy atom. The van der Waals surface area contributed by atoms with E-state index in [-0.39, 0.29) is 17.7 Å². The minimum absolute atomic E-state index is 0.00354. The van der Waals surface area contributed by atoms with Crippen LogP contribution in [0.4, 0.5) is 0 Å². The fraction of sp³-hybridized carbons (Fsp3) is 0.273. The second kappa shape index (κ2) is 9.13. The molecule has 3 rings (SSSR count). The lowest BCUT2D eigenvalue weighted by Gasteiger charge is -2.16. The van der Waals surface area contributed by atoms with Crippen LogP contribution in [0, 0.1) is 0 Å². The summed E-state index contributed by atoms with van der Waals surface area (Å²) in [5.74, 6) is 1.68. The molecule has 1 aliphatic rings. The minimum Gasteiger partial charge on any atom is -0.497 e. The van der Waals surface area contributed by atoms with Gasteiger partial charge in [-0.2, -0.15) is 0 Å². The van der Waals surface area contributed by atoms with E-state index in [1.165, 1.54) is 0 Å². The molecule has 0 amide bonds. The maximum Gasteiger partial charge on any atom is 0.363 e. The van der Waals surface area contributed by atoms with E-state index in [9.17, 15) is 4.79 Å². The number of carbonyl (C=O) groups excluding carboxylic acids is 1. The van der Waals surface area contributed by atoms with Gasteiger partial charge in [-0.3, -0.25) is 0 Å². The highest BCUT2D eigenvalue weighted by atomic mass is 79.9. The summed E-state index contributed by atoms with van der Waals surface area (Å²) in [4.78, 5) is 16.6. The maximum atomic E-state index is 12.3. The predicted octanol–water partition coefficient (Wildman–Crippen LogP) is 4.99. The fourth-order valence-electron chi connectivity index (χ4n) is 2.71. The zero-order chi connectivity index (χ0) is 21.0. The smallest absolute Gasteiger partial charge is 0.363 e. The molecule has 7 heteroatoms. The van der Waals surface area contributed by atoms with Crippen molar-refractivity contribution in [3.63, 3.8) is 0 Å². The average molecular weight is 460 g/mol. The average Bonchev–Trinajstić information content (AvgIpc) is 3.05. The second-order valence-electron chi connectivity index (χ2n) is 6.49. The van der Waals surface area contributed by atoms with E-state index in [1.54, 1.807) is 37.5 Å². The first kappa shape index (κ1) is 20.9. The number of nitrogens with zero attached hydrogens (tertiary/aromatic N) is 1. The summed E-state index contributed by atoms with van der Waals surface area (Å²) < 4.78 is 22.8. The summed E-state index contributed by atoms with van der Waals surface area (Å²) in [7, 11) is 1.59. The normalized spacial score (nSPS) is 14.8. The van der Waals surface area contributed by atoms with E-state index in [2.05, 4.69) is 20.9 Å². The van der Waals surface area contributed by atoms with Gasteiger partial charge in [0.2, 0.25) is 5.90 Å². The number of esters is 1. The molecule has 0 aromatic heterocycles. The van der Waals surface area contributed by atoms with Crippen molar-refractivity contribution < 1.29 is 23.7 Å². The molecule has 0 saturated carbocycles. The summed E-state index contributed by atoms with van der Waals surface area (Å²) in [6.45, 7) is 6.28. The summed E-state index contributed by atoms with van der Waals surface area (Å²) in [6, 6.07) is 10.8. The van der Waals surface area contributed by atoms with Crippen LogP contribution in [0.5, 0.6) is 17.2 Å². The van der Waals surface area contributed by atoms with Crippen LogP contribution in [0.1, 0.15) is 31.9 Å².